The van der Waals surface area contributed by atoms with Crippen LogP contribution in [0.3, 0.4) is 0 Å². The molecule has 2 heterocycles. The Labute approximate surface area is 164 Å². The second-order valence-corrected chi connectivity index (χ2v) is 6.56. The third-order valence-electron chi connectivity index (χ3n) is 4.53. The molecule has 148 valence electrons. The molecule has 0 radical (unpaired) electrons. The molecule has 4 rings (SSSR count). The highest BCUT2D eigenvalue weighted by Crippen LogP contribution is 2.34. The van der Waals surface area contributed by atoms with Crippen molar-refractivity contribution < 1.29 is 18.9 Å². The van der Waals surface area contributed by atoms with E-state index in [2.05, 4.69) is 15.6 Å². The minimum absolute atomic E-state index is 0.566. The molecule has 0 unspecified atom stereocenters. The van der Waals surface area contributed by atoms with Crippen molar-refractivity contribution in [3.05, 3.63) is 42.0 Å². The van der Waals surface area contributed by atoms with E-state index in [1.54, 1.807) is 7.05 Å². The molecule has 28 heavy (non-hydrogen) atoms. The molecule has 7 heteroatoms. The monoisotopic (exact) mass is 383 g/mol. The second kappa shape index (κ2) is 8.73. The Morgan fingerprint density at radius 3 is 2.46 bits per heavy atom. The van der Waals surface area contributed by atoms with Crippen LogP contribution in [0, 0.1) is 0 Å². The Hall–Kier alpha value is -3.09. The first-order valence-electron chi connectivity index (χ1n) is 9.58. The third-order valence-corrected chi connectivity index (χ3v) is 4.53. The number of hydrogen-bond acceptors (Lipinski definition) is 5. The molecular formula is C21H25N3O4. The average molecular weight is 383 g/mol. The molecule has 0 aliphatic carbocycles. The molecule has 0 amide bonds. The summed E-state index contributed by atoms with van der Waals surface area (Å²) in [6.45, 7) is 3.24. The SMILES string of the molecule is CN=C(NCc1cccc2c1OCCCO2)Nc1ccc2c(c1)OCCCO2. The fourth-order valence-electron chi connectivity index (χ4n) is 3.13. The van der Waals surface area contributed by atoms with Gasteiger partial charge in [-0.3, -0.25) is 4.99 Å². The van der Waals surface area contributed by atoms with E-state index >= 15 is 0 Å². The van der Waals surface area contributed by atoms with E-state index in [1.165, 1.54) is 0 Å². The van der Waals surface area contributed by atoms with Crippen molar-refractivity contribution in [2.75, 3.05) is 38.8 Å². The normalized spacial score (nSPS) is 16.0. The second-order valence-electron chi connectivity index (χ2n) is 6.56. The van der Waals surface area contributed by atoms with Crippen LogP contribution in [0.1, 0.15) is 18.4 Å². The van der Waals surface area contributed by atoms with Crippen LogP contribution < -0.4 is 29.6 Å². The molecule has 0 fully saturated rings. The Bertz CT molecular complexity index is 854. The standard InChI is InChI=1S/C21H25N3O4/c1-22-21(24-16-7-8-17-19(13-16)27-11-3-9-25-17)23-14-15-5-2-6-18-20(15)28-12-4-10-26-18/h2,5-8,13H,3-4,9-12,14H2,1H3,(H2,22,23,24). The Balaban J connectivity index is 1.43. The highest BCUT2D eigenvalue weighted by molar-refractivity contribution is 5.93. The molecule has 0 saturated carbocycles. The number of guanidine groups is 1. The maximum atomic E-state index is 5.88. The first-order valence-corrected chi connectivity index (χ1v) is 9.58. The predicted molar refractivity (Wildman–Crippen MR) is 108 cm³/mol. The molecule has 0 spiro atoms. The van der Waals surface area contributed by atoms with Crippen molar-refractivity contribution >= 4 is 11.6 Å². The van der Waals surface area contributed by atoms with E-state index in [0.717, 1.165) is 47.1 Å². The molecule has 0 aromatic heterocycles. The first-order chi connectivity index (χ1) is 13.8. The third kappa shape index (κ3) is 4.24. The lowest BCUT2D eigenvalue weighted by Gasteiger charge is -2.16. The summed E-state index contributed by atoms with van der Waals surface area (Å²) in [4.78, 5) is 4.31. The smallest absolute Gasteiger partial charge is 0.195 e. The van der Waals surface area contributed by atoms with Crippen molar-refractivity contribution in [1.29, 1.82) is 0 Å². The summed E-state index contributed by atoms with van der Waals surface area (Å²) in [6.07, 6.45) is 1.77. The minimum Gasteiger partial charge on any atom is -0.490 e. The summed E-state index contributed by atoms with van der Waals surface area (Å²) in [7, 11) is 1.74. The van der Waals surface area contributed by atoms with Gasteiger partial charge in [-0.25, -0.2) is 0 Å². The number of nitrogens with one attached hydrogen (secondary N) is 2. The van der Waals surface area contributed by atoms with E-state index in [0.29, 0.717) is 38.9 Å². The van der Waals surface area contributed by atoms with Gasteiger partial charge in [-0.2, -0.15) is 0 Å². The van der Waals surface area contributed by atoms with Gasteiger partial charge in [-0.15, -0.1) is 0 Å². The van der Waals surface area contributed by atoms with Crippen LogP contribution in [0.4, 0.5) is 5.69 Å². The molecule has 2 aliphatic rings. The van der Waals surface area contributed by atoms with Gasteiger partial charge in [-0.05, 0) is 18.2 Å². The zero-order chi connectivity index (χ0) is 19.2. The summed E-state index contributed by atoms with van der Waals surface area (Å²) in [5.41, 5.74) is 1.91. The highest BCUT2D eigenvalue weighted by atomic mass is 16.5. The maximum absolute atomic E-state index is 5.88. The molecule has 0 atom stereocenters. The van der Waals surface area contributed by atoms with Crippen LogP contribution in [-0.2, 0) is 6.54 Å². The molecular weight excluding hydrogens is 358 g/mol. The van der Waals surface area contributed by atoms with Crippen LogP contribution in [0.5, 0.6) is 23.0 Å². The predicted octanol–water partition coefficient (Wildman–Crippen LogP) is 3.20. The lowest BCUT2D eigenvalue weighted by Crippen LogP contribution is -2.30. The Morgan fingerprint density at radius 2 is 1.64 bits per heavy atom. The topological polar surface area (TPSA) is 73.3 Å². The molecule has 7 nitrogen and oxygen atoms in total. The van der Waals surface area contributed by atoms with Gasteiger partial charge in [-0.1, -0.05) is 12.1 Å². The molecule has 2 aromatic rings. The van der Waals surface area contributed by atoms with E-state index in [1.807, 2.05) is 36.4 Å². The first kappa shape index (κ1) is 18.3. The number of para-hydroxylation sites is 1. The van der Waals surface area contributed by atoms with Gasteiger partial charge in [0.15, 0.2) is 29.0 Å². The summed E-state index contributed by atoms with van der Waals surface area (Å²) >= 11 is 0. The number of hydrogen-bond donors (Lipinski definition) is 2. The van der Waals surface area contributed by atoms with Crippen LogP contribution in [-0.4, -0.2) is 39.4 Å². The van der Waals surface area contributed by atoms with Gasteiger partial charge in [0.1, 0.15) is 0 Å². The van der Waals surface area contributed by atoms with Crippen LogP contribution in [0.2, 0.25) is 0 Å². The molecule has 0 saturated heterocycles. The van der Waals surface area contributed by atoms with Crippen molar-refractivity contribution in [3.63, 3.8) is 0 Å². The number of fused-ring (bicyclic) bond motifs is 2. The van der Waals surface area contributed by atoms with Crippen molar-refractivity contribution in [2.45, 2.75) is 19.4 Å². The van der Waals surface area contributed by atoms with E-state index < -0.39 is 0 Å². The van der Waals surface area contributed by atoms with Gasteiger partial charge < -0.3 is 29.6 Å². The maximum Gasteiger partial charge on any atom is 0.195 e. The van der Waals surface area contributed by atoms with Gasteiger partial charge in [0.2, 0.25) is 0 Å². The van der Waals surface area contributed by atoms with Gasteiger partial charge >= 0.3 is 0 Å². The summed E-state index contributed by atoms with van der Waals surface area (Å²) in [6, 6.07) is 11.7. The zero-order valence-corrected chi connectivity index (χ0v) is 16.0. The Kier molecular flexibility index (Phi) is 5.70. The number of ether oxygens (including phenoxy) is 4. The molecule has 2 aliphatic heterocycles. The van der Waals surface area contributed by atoms with Gasteiger partial charge in [0.05, 0.1) is 26.4 Å². The lowest BCUT2D eigenvalue weighted by atomic mass is 10.2. The summed E-state index contributed by atoms with van der Waals surface area (Å²) in [5.74, 6) is 3.77. The quantitative estimate of drug-likeness (QED) is 0.626. The largest absolute Gasteiger partial charge is 0.490 e. The van der Waals surface area contributed by atoms with E-state index in [-0.39, 0.29) is 0 Å². The minimum atomic E-state index is 0.566. The number of rotatable bonds is 3. The van der Waals surface area contributed by atoms with Crippen molar-refractivity contribution in [2.24, 2.45) is 4.99 Å². The Morgan fingerprint density at radius 1 is 0.893 bits per heavy atom. The molecule has 2 aromatic carbocycles. The number of aliphatic imine (C=N–C) groups is 1. The summed E-state index contributed by atoms with van der Waals surface area (Å²) in [5, 5.41) is 6.62. The highest BCUT2D eigenvalue weighted by Gasteiger charge is 2.15. The van der Waals surface area contributed by atoms with Crippen LogP contribution in [0.15, 0.2) is 41.4 Å². The van der Waals surface area contributed by atoms with Crippen LogP contribution in [0.25, 0.3) is 0 Å². The van der Waals surface area contributed by atoms with E-state index in [9.17, 15) is 0 Å². The van der Waals surface area contributed by atoms with Crippen LogP contribution >= 0.6 is 0 Å². The lowest BCUT2D eigenvalue weighted by molar-refractivity contribution is 0.296. The average Bonchev–Trinajstić information content (AvgIpc) is 3.11. The molecule has 2 N–H and O–H groups in total. The van der Waals surface area contributed by atoms with E-state index in [4.69, 9.17) is 18.9 Å². The number of benzene rings is 2. The van der Waals surface area contributed by atoms with Gasteiger partial charge in [0, 0.05) is 43.8 Å². The van der Waals surface area contributed by atoms with Crippen molar-refractivity contribution in [1.82, 2.24) is 5.32 Å². The number of anilines is 1. The number of nitrogens with zero attached hydrogens (tertiary/aromatic N) is 1. The fraction of sp³-hybridized carbons (Fsp3) is 0.381. The van der Waals surface area contributed by atoms with Crippen molar-refractivity contribution in [3.8, 4) is 23.0 Å². The summed E-state index contributed by atoms with van der Waals surface area (Å²) < 4.78 is 23.1. The molecule has 0 bridgehead atoms. The van der Waals surface area contributed by atoms with Gasteiger partial charge in [0.25, 0.3) is 0 Å². The fourth-order valence-corrected chi connectivity index (χ4v) is 3.13. The zero-order valence-electron chi connectivity index (χ0n) is 16.0.